The van der Waals surface area contributed by atoms with Crippen LogP contribution in [0.2, 0.25) is 0 Å². The van der Waals surface area contributed by atoms with E-state index in [9.17, 15) is 9.59 Å². The minimum absolute atomic E-state index is 0.174. The van der Waals surface area contributed by atoms with Crippen molar-refractivity contribution in [3.63, 3.8) is 0 Å². The number of hydrogen-bond donors (Lipinski definition) is 2. The molecule has 1 rings (SSSR count). The lowest BCUT2D eigenvalue weighted by molar-refractivity contribution is -0.122. The molecule has 6 heteroatoms. The average molecular weight is 274 g/mol. The first-order chi connectivity index (χ1) is 9.43. The highest BCUT2D eigenvalue weighted by atomic mass is 16.2. The molecule has 0 aliphatic carbocycles. The molecule has 20 heavy (non-hydrogen) atoms. The summed E-state index contributed by atoms with van der Waals surface area (Å²) in [7, 11) is 0. The van der Waals surface area contributed by atoms with Crippen molar-refractivity contribution in [1.82, 2.24) is 15.6 Å². The highest BCUT2D eigenvalue weighted by molar-refractivity contribution is 5.95. The van der Waals surface area contributed by atoms with E-state index >= 15 is 0 Å². The molecular formula is C14H18N4O2. The first-order valence-electron chi connectivity index (χ1n) is 6.38. The van der Waals surface area contributed by atoms with Crippen molar-refractivity contribution in [2.75, 3.05) is 6.54 Å². The van der Waals surface area contributed by atoms with Crippen molar-refractivity contribution in [2.24, 2.45) is 5.92 Å². The second-order valence-corrected chi connectivity index (χ2v) is 4.88. The van der Waals surface area contributed by atoms with Gasteiger partial charge in [0.15, 0.2) is 0 Å². The van der Waals surface area contributed by atoms with E-state index in [2.05, 4.69) is 15.6 Å². The number of aromatic nitrogens is 1. The SMILES string of the molecule is CC(C)CNC(=O)C(C)NC(=O)c1ccc(C#N)cn1. The van der Waals surface area contributed by atoms with Crippen molar-refractivity contribution >= 4 is 11.8 Å². The summed E-state index contributed by atoms with van der Waals surface area (Å²) < 4.78 is 0. The molecule has 1 aromatic rings. The zero-order chi connectivity index (χ0) is 15.1. The predicted molar refractivity (Wildman–Crippen MR) is 73.7 cm³/mol. The molecule has 106 valence electrons. The summed E-state index contributed by atoms with van der Waals surface area (Å²) in [6.07, 6.45) is 1.32. The van der Waals surface area contributed by atoms with Crippen molar-refractivity contribution in [2.45, 2.75) is 26.8 Å². The van der Waals surface area contributed by atoms with E-state index in [0.29, 0.717) is 18.0 Å². The maximum absolute atomic E-state index is 11.9. The van der Waals surface area contributed by atoms with Gasteiger partial charge in [-0.05, 0) is 25.0 Å². The fraction of sp³-hybridized carbons (Fsp3) is 0.429. The monoisotopic (exact) mass is 274 g/mol. The quantitative estimate of drug-likeness (QED) is 0.832. The van der Waals surface area contributed by atoms with Crippen molar-refractivity contribution < 1.29 is 9.59 Å². The Bertz CT molecular complexity index is 517. The van der Waals surface area contributed by atoms with Crippen LogP contribution in [0.25, 0.3) is 0 Å². The van der Waals surface area contributed by atoms with Gasteiger partial charge in [-0.2, -0.15) is 5.26 Å². The van der Waals surface area contributed by atoms with Crippen LogP contribution in [0.15, 0.2) is 18.3 Å². The van der Waals surface area contributed by atoms with Gasteiger partial charge in [0.25, 0.3) is 5.91 Å². The number of nitrogens with zero attached hydrogens (tertiary/aromatic N) is 2. The Morgan fingerprint density at radius 3 is 2.55 bits per heavy atom. The summed E-state index contributed by atoms with van der Waals surface area (Å²) in [5, 5.41) is 13.9. The first-order valence-corrected chi connectivity index (χ1v) is 6.38. The van der Waals surface area contributed by atoms with Gasteiger partial charge in [-0.25, -0.2) is 4.98 Å². The Hall–Kier alpha value is -2.42. The molecule has 0 radical (unpaired) electrons. The van der Waals surface area contributed by atoms with E-state index in [4.69, 9.17) is 5.26 Å². The number of amides is 2. The molecule has 0 aliphatic rings. The number of pyridine rings is 1. The van der Waals surface area contributed by atoms with E-state index in [1.165, 1.54) is 18.3 Å². The third kappa shape index (κ3) is 4.69. The van der Waals surface area contributed by atoms with Crippen molar-refractivity contribution in [3.05, 3.63) is 29.6 Å². The topological polar surface area (TPSA) is 94.9 Å². The minimum atomic E-state index is -0.640. The average Bonchev–Trinajstić information content (AvgIpc) is 2.44. The Morgan fingerprint density at radius 1 is 1.35 bits per heavy atom. The summed E-state index contributed by atoms with van der Waals surface area (Å²) in [6.45, 7) is 6.15. The lowest BCUT2D eigenvalue weighted by Gasteiger charge is -2.14. The molecule has 0 saturated heterocycles. The van der Waals surface area contributed by atoms with Crippen LogP contribution in [0, 0.1) is 17.2 Å². The third-order valence-electron chi connectivity index (χ3n) is 2.55. The molecule has 1 heterocycles. The highest BCUT2D eigenvalue weighted by Gasteiger charge is 2.17. The molecule has 0 saturated carbocycles. The van der Waals surface area contributed by atoms with Gasteiger partial charge in [0.2, 0.25) is 5.91 Å². The van der Waals surface area contributed by atoms with Crippen LogP contribution < -0.4 is 10.6 Å². The lowest BCUT2D eigenvalue weighted by atomic mass is 10.2. The lowest BCUT2D eigenvalue weighted by Crippen LogP contribution is -2.45. The Kier molecular flexibility index (Phi) is 5.66. The minimum Gasteiger partial charge on any atom is -0.354 e. The Morgan fingerprint density at radius 2 is 2.05 bits per heavy atom. The van der Waals surface area contributed by atoms with E-state index < -0.39 is 11.9 Å². The maximum atomic E-state index is 11.9. The molecule has 0 aromatic carbocycles. The van der Waals surface area contributed by atoms with Gasteiger partial charge in [-0.1, -0.05) is 13.8 Å². The van der Waals surface area contributed by atoms with Crippen LogP contribution >= 0.6 is 0 Å². The summed E-state index contributed by atoms with van der Waals surface area (Å²) in [5.41, 5.74) is 0.553. The molecule has 0 bridgehead atoms. The third-order valence-corrected chi connectivity index (χ3v) is 2.55. The van der Waals surface area contributed by atoms with Gasteiger partial charge in [-0.15, -0.1) is 0 Å². The van der Waals surface area contributed by atoms with E-state index in [-0.39, 0.29) is 11.6 Å². The second kappa shape index (κ2) is 7.24. The molecule has 1 aromatic heterocycles. The molecule has 0 spiro atoms. The highest BCUT2D eigenvalue weighted by Crippen LogP contribution is 1.99. The van der Waals surface area contributed by atoms with Crippen LogP contribution in [0.1, 0.15) is 36.8 Å². The zero-order valence-corrected chi connectivity index (χ0v) is 11.8. The molecular weight excluding hydrogens is 256 g/mol. The summed E-state index contributed by atoms with van der Waals surface area (Å²) >= 11 is 0. The fourth-order valence-corrected chi connectivity index (χ4v) is 1.39. The van der Waals surface area contributed by atoms with E-state index in [1.54, 1.807) is 6.92 Å². The molecule has 2 amide bonds. The summed E-state index contributed by atoms with van der Waals surface area (Å²) in [5.74, 6) is -0.329. The Balaban J connectivity index is 2.56. The van der Waals surface area contributed by atoms with Crippen LogP contribution in [-0.4, -0.2) is 29.4 Å². The molecule has 0 fully saturated rings. The number of carbonyl (C=O) groups excluding carboxylic acids is 2. The summed E-state index contributed by atoms with van der Waals surface area (Å²) in [4.78, 5) is 27.5. The fourth-order valence-electron chi connectivity index (χ4n) is 1.39. The molecule has 1 unspecified atom stereocenters. The van der Waals surface area contributed by atoms with Gasteiger partial charge in [0.05, 0.1) is 5.56 Å². The number of nitriles is 1. The maximum Gasteiger partial charge on any atom is 0.270 e. The van der Waals surface area contributed by atoms with Gasteiger partial charge < -0.3 is 10.6 Å². The molecule has 6 nitrogen and oxygen atoms in total. The summed E-state index contributed by atoms with van der Waals surface area (Å²) in [6, 6.07) is 4.24. The van der Waals surface area contributed by atoms with Gasteiger partial charge >= 0.3 is 0 Å². The standard InChI is InChI=1S/C14H18N4O2/c1-9(2)7-17-13(19)10(3)18-14(20)12-5-4-11(6-15)8-16-12/h4-5,8-10H,7H2,1-3H3,(H,17,19)(H,18,20). The number of hydrogen-bond acceptors (Lipinski definition) is 4. The van der Waals surface area contributed by atoms with Gasteiger partial charge in [0.1, 0.15) is 17.8 Å². The zero-order valence-electron chi connectivity index (χ0n) is 11.8. The van der Waals surface area contributed by atoms with E-state index in [1.807, 2.05) is 19.9 Å². The van der Waals surface area contributed by atoms with Crippen LogP contribution in [-0.2, 0) is 4.79 Å². The molecule has 0 aliphatic heterocycles. The van der Waals surface area contributed by atoms with Crippen molar-refractivity contribution in [3.8, 4) is 6.07 Å². The predicted octanol–water partition coefficient (Wildman–Crippen LogP) is 0.844. The normalized spacial score (nSPS) is 11.6. The van der Waals surface area contributed by atoms with E-state index in [0.717, 1.165) is 0 Å². The second-order valence-electron chi connectivity index (χ2n) is 4.88. The number of nitrogens with one attached hydrogen (secondary N) is 2. The van der Waals surface area contributed by atoms with Crippen LogP contribution in [0.4, 0.5) is 0 Å². The number of carbonyl (C=O) groups is 2. The van der Waals surface area contributed by atoms with Crippen molar-refractivity contribution in [1.29, 1.82) is 5.26 Å². The molecule has 2 N–H and O–H groups in total. The van der Waals surface area contributed by atoms with Gasteiger partial charge in [-0.3, -0.25) is 9.59 Å². The molecule has 1 atom stereocenters. The smallest absolute Gasteiger partial charge is 0.270 e. The Labute approximate surface area is 118 Å². The number of rotatable bonds is 5. The largest absolute Gasteiger partial charge is 0.354 e. The first kappa shape index (κ1) is 15.6. The van der Waals surface area contributed by atoms with Crippen LogP contribution in [0.3, 0.4) is 0 Å². The van der Waals surface area contributed by atoms with Gasteiger partial charge in [0, 0.05) is 12.7 Å². The van der Waals surface area contributed by atoms with Crippen LogP contribution in [0.5, 0.6) is 0 Å².